The van der Waals surface area contributed by atoms with Crippen LogP contribution in [0.25, 0.3) is 11.1 Å². The zero-order valence-electron chi connectivity index (χ0n) is 11.8. The lowest BCUT2D eigenvalue weighted by Crippen LogP contribution is -2.32. The van der Waals surface area contributed by atoms with E-state index in [4.69, 9.17) is 0 Å². The third-order valence-corrected chi connectivity index (χ3v) is 3.55. The molecule has 0 spiro atoms. The molecule has 0 aromatic heterocycles. The van der Waals surface area contributed by atoms with Gasteiger partial charge in [-0.3, -0.25) is 5.43 Å². The number of nitrogens with one attached hydrogen (secondary N) is 1. The summed E-state index contributed by atoms with van der Waals surface area (Å²) in [4.78, 5) is 0. The maximum absolute atomic E-state index is 14.2. The molecule has 3 nitrogen and oxygen atoms in total. The van der Waals surface area contributed by atoms with E-state index in [1.54, 1.807) is 6.92 Å². The second-order valence-corrected chi connectivity index (χ2v) is 4.98. The van der Waals surface area contributed by atoms with Gasteiger partial charge in [-0.15, -0.1) is 0 Å². The van der Waals surface area contributed by atoms with Crippen LogP contribution in [0, 0.1) is 11.6 Å². The van der Waals surface area contributed by atoms with Crippen LogP contribution in [0.4, 0.5) is 8.78 Å². The van der Waals surface area contributed by atoms with E-state index in [-0.39, 0.29) is 11.1 Å². The summed E-state index contributed by atoms with van der Waals surface area (Å²) in [6.07, 6.45) is -1.29. The number of hydrogen-bond donors (Lipinski definition) is 2. The van der Waals surface area contributed by atoms with Gasteiger partial charge in [-0.2, -0.15) is 5.10 Å². The summed E-state index contributed by atoms with van der Waals surface area (Å²) in [7, 11) is 0. The number of nitrogens with zero attached hydrogens (tertiary/aromatic N) is 1. The van der Waals surface area contributed by atoms with E-state index in [0.29, 0.717) is 11.3 Å². The van der Waals surface area contributed by atoms with Gasteiger partial charge in [0.15, 0.2) is 6.23 Å². The van der Waals surface area contributed by atoms with E-state index < -0.39 is 17.9 Å². The Morgan fingerprint density at radius 2 is 1.64 bits per heavy atom. The molecular formula is C17H14F2N2O. The standard InChI is InChI=1S/C17H14F2N2O/c1-10-14(11-6-3-2-4-7-11)16(17(22)21-20-10)15-12(18)8-5-9-13(15)19/h2-9,17,21-22H,1H3. The highest BCUT2D eigenvalue weighted by Gasteiger charge is 2.28. The van der Waals surface area contributed by atoms with Gasteiger partial charge in [0.05, 0.1) is 11.3 Å². The highest BCUT2D eigenvalue weighted by molar-refractivity contribution is 6.30. The van der Waals surface area contributed by atoms with Crippen molar-refractivity contribution in [2.45, 2.75) is 13.2 Å². The Bertz CT molecular complexity index is 749. The average molecular weight is 300 g/mol. The summed E-state index contributed by atoms with van der Waals surface area (Å²) in [5.41, 5.74) is 4.21. The first-order chi connectivity index (χ1) is 10.6. The highest BCUT2D eigenvalue weighted by atomic mass is 19.1. The predicted octanol–water partition coefficient (Wildman–Crippen LogP) is 3.17. The SMILES string of the molecule is CC1=NNC(O)C(c2c(F)cccc2F)=C1c1ccccc1. The Morgan fingerprint density at radius 1 is 1.00 bits per heavy atom. The van der Waals surface area contributed by atoms with Crippen LogP contribution in [-0.2, 0) is 0 Å². The van der Waals surface area contributed by atoms with Gasteiger partial charge in [0.1, 0.15) is 11.6 Å². The van der Waals surface area contributed by atoms with Crippen LogP contribution in [0.1, 0.15) is 18.1 Å². The molecule has 0 bridgehead atoms. The van der Waals surface area contributed by atoms with Crippen molar-refractivity contribution in [3.8, 4) is 0 Å². The Labute approximate surface area is 126 Å². The van der Waals surface area contributed by atoms with Gasteiger partial charge in [0.2, 0.25) is 0 Å². The second-order valence-electron chi connectivity index (χ2n) is 4.98. The molecule has 0 aliphatic carbocycles. The molecule has 112 valence electrons. The van der Waals surface area contributed by atoms with Crippen molar-refractivity contribution in [1.82, 2.24) is 5.43 Å². The van der Waals surface area contributed by atoms with Crippen LogP contribution in [0.5, 0.6) is 0 Å². The first-order valence-corrected chi connectivity index (χ1v) is 6.82. The van der Waals surface area contributed by atoms with Crippen LogP contribution in [-0.4, -0.2) is 17.0 Å². The number of aliphatic hydroxyl groups excluding tert-OH is 1. The third-order valence-electron chi connectivity index (χ3n) is 3.55. The first-order valence-electron chi connectivity index (χ1n) is 6.82. The lowest BCUT2D eigenvalue weighted by Gasteiger charge is -2.25. The molecule has 0 amide bonds. The second kappa shape index (κ2) is 5.69. The van der Waals surface area contributed by atoms with Gasteiger partial charge in [-0.05, 0) is 24.6 Å². The molecule has 1 unspecified atom stereocenters. The first kappa shape index (κ1) is 14.4. The van der Waals surface area contributed by atoms with Gasteiger partial charge >= 0.3 is 0 Å². The molecule has 1 heterocycles. The molecule has 1 aliphatic rings. The van der Waals surface area contributed by atoms with Crippen LogP contribution in [0.15, 0.2) is 53.6 Å². The van der Waals surface area contributed by atoms with E-state index in [1.807, 2.05) is 30.3 Å². The average Bonchev–Trinajstić information content (AvgIpc) is 2.51. The molecule has 0 radical (unpaired) electrons. The fraction of sp³-hybridized carbons (Fsp3) is 0.118. The molecule has 2 aromatic carbocycles. The molecule has 1 atom stereocenters. The Morgan fingerprint density at radius 3 is 2.27 bits per heavy atom. The van der Waals surface area contributed by atoms with E-state index in [9.17, 15) is 13.9 Å². The van der Waals surface area contributed by atoms with Gasteiger partial charge in [-0.1, -0.05) is 36.4 Å². The minimum atomic E-state index is -1.29. The van der Waals surface area contributed by atoms with Crippen molar-refractivity contribution in [3.63, 3.8) is 0 Å². The van der Waals surface area contributed by atoms with Crippen LogP contribution >= 0.6 is 0 Å². The van der Waals surface area contributed by atoms with Gasteiger partial charge in [-0.25, -0.2) is 8.78 Å². The predicted molar refractivity (Wildman–Crippen MR) is 81.9 cm³/mol. The molecule has 0 saturated carbocycles. The summed E-state index contributed by atoms with van der Waals surface area (Å²) < 4.78 is 28.3. The molecule has 0 fully saturated rings. The lowest BCUT2D eigenvalue weighted by molar-refractivity contribution is 0.195. The zero-order valence-corrected chi connectivity index (χ0v) is 11.8. The van der Waals surface area contributed by atoms with Crippen molar-refractivity contribution >= 4 is 16.9 Å². The van der Waals surface area contributed by atoms with Crippen molar-refractivity contribution in [3.05, 3.63) is 71.3 Å². The maximum Gasteiger partial charge on any atom is 0.167 e. The molecule has 0 saturated heterocycles. The Balaban J connectivity index is 2.33. The molecule has 2 aromatic rings. The van der Waals surface area contributed by atoms with E-state index >= 15 is 0 Å². The quantitative estimate of drug-likeness (QED) is 0.894. The molecule has 1 aliphatic heterocycles. The minimum Gasteiger partial charge on any atom is -0.368 e. The summed E-state index contributed by atoms with van der Waals surface area (Å²) >= 11 is 0. The molecular weight excluding hydrogens is 286 g/mol. The summed E-state index contributed by atoms with van der Waals surface area (Å²) in [5.74, 6) is -1.45. The van der Waals surface area contributed by atoms with Gasteiger partial charge in [0.25, 0.3) is 0 Å². The van der Waals surface area contributed by atoms with Gasteiger partial charge in [0, 0.05) is 11.1 Å². The van der Waals surface area contributed by atoms with Gasteiger partial charge < -0.3 is 5.11 Å². The van der Waals surface area contributed by atoms with Crippen molar-refractivity contribution in [2.75, 3.05) is 0 Å². The van der Waals surface area contributed by atoms with Crippen LogP contribution < -0.4 is 5.43 Å². The number of hydrogen-bond acceptors (Lipinski definition) is 3. The Hall–Kier alpha value is -2.53. The molecule has 22 heavy (non-hydrogen) atoms. The van der Waals surface area contributed by atoms with Crippen molar-refractivity contribution in [1.29, 1.82) is 0 Å². The normalized spacial score (nSPS) is 18.0. The summed E-state index contributed by atoms with van der Waals surface area (Å²) in [6, 6.07) is 12.7. The lowest BCUT2D eigenvalue weighted by atomic mass is 9.89. The number of aliphatic hydroxyl groups is 1. The van der Waals surface area contributed by atoms with Crippen molar-refractivity contribution in [2.24, 2.45) is 5.10 Å². The fourth-order valence-corrected chi connectivity index (χ4v) is 2.60. The number of allylic oxidation sites excluding steroid dienone is 1. The van der Waals surface area contributed by atoms with Crippen LogP contribution in [0.3, 0.4) is 0 Å². The molecule has 2 N–H and O–H groups in total. The number of hydrazone groups is 1. The topological polar surface area (TPSA) is 44.6 Å². The van der Waals surface area contributed by atoms with E-state index in [2.05, 4.69) is 10.5 Å². The number of halogens is 2. The largest absolute Gasteiger partial charge is 0.368 e. The molecule has 5 heteroatoms. The summed E-state index contributed by atoms with van der Waals surface area (Å²) in [6.45, 7) is 1.72. The fourth-order valence-electron chi connectivity index (χ4n) is 2.60. The third kappa shape index (κ3) is 2.40. The number of rotatable bonds is 2. The monoisotopic (exact) mass is 300 g/mol. The van der Waals surface area contributed by atoms with Crippen LogP contribution in [0.2, 0.25) is 0 Å². The Kier molecular flexibility index (Phi) is 3.73. The number of benzene rings is 2. The zero-order chi connectivity index (χ0) is 15.7. The van der Waals surface area contributed by atoms with Crippen molar-refractivity contribution < 1.29 is 13.9 Å². The summed E-state index contributed by atoms with van der Waals surface area (Å²) in [5, 5.41) is 14.2. The minimum absolute atomic E-state index is 0.148. The molecule has 3 rings (SSSR count). The maximum atomic E-state index is 14.2. The smallest absolute Gasteiger partial charge is 0.167 e. The highest BCUT2D eigenvalue weighted by Crippen LogP contribution is 2.34. The van der Waals surface area contributed by atoms with E-state index in [0.717, 1.165) is 5.56 Å². The van der Waals surface area contributed by atoms with E-state index in [1.165, 1.54) is 18.2 Å².